The molecule has 0 aliphatic heterocycles. The lowest BCUT2D eigenvalue weighted by Gasteiger charge is -1.97. The molecule has 21 heavy (non-hydrogen) atoms. The van der Waals surface area contributed by atoms with E-state index >= 15 is 0 Å². The van der Waals surface area contributed by atoms with Crippen molar-refractivity contribution in [1.82, 2.24) is 4.98 Å². The van der Waals surface area contributed by atoms with Crippen LogP contribution in [0.3, 0.4) is 0 Å². The SMILES string of the molecule is Cc1ccc2c(C=NCCc3ccccc3)c(O)[nH]c2c1. The Morgan fingerprint density at radius 1 is 1.14 bits per heavy atom. The molecular formula is C18H18N2O. The Morgan fingerprint density at radius 3 is 2.76 bits per heavy atom. The van der Waals surface area contributed by atoms with Crippen molar-refractivity contribution in [2.45, 2.75) is 13.3 Å². The van der Waals surface area contributed by atoms with E-state index in [4.69, 9.17) is 0 Å². The summed E-state index contributed by atoms with van der Waals surface area (Å²) in [7, 11) is 0. The highest BCUT2D eigenvalue weighted by atomic mass is 16.3. The molecule has 1 heterocycles. The van der Waals surface area contributed by atoms with Crippen molar-refractivity contribution in [1.29, 1.82) is 0 Å². The maximum atomic E-state index is 9.99. The first-order valence-corrected chi connectivity index (χ1v) is 7.09. The quantitative estimate of drug-likeness (QED) is 0.700. The van der Waals surface area contributed by atoms with Crippen LogP contribution in [0.25, 0.3) is 10.9 Å². The molecule has 2 N–H and O–H groups in total. The van der Waals surface area contributed by atoms with Gasteiger partial charge in [0.2, 0.25) is 0 Å². The average Bonchev–Trinajstić information content (AvgIpc) is 2.79. The number of rotatable bonds is 4. The molecule has 3 rings (SSSR count). The van der Waals surface area contributed by atoms with Crippen molar-refractivity contribution in [3.63, 3.8) is 0 Å². The van der Waals surface area contributed by atoms with Crippen LogP contribution in [0.1, 0.15) is 16.7 Å². The van der Waals surface area contributed by atoms with Gasteiger partial charge < -0.3 is 10.1 Å². The van der Waals surface area contributed by atoms with Crippen LogP contribution in [-0.2, 0) is 6.42 Å². The minimum absolute atomic E-state index is 0.180. The monoisotopic (exact) mass is 278 g/mol. The number of nitrogens with one attached hydrogen (secondary N) is 1. The molecule has 0 spiro atoms. The second-order valence-electron chi connectivity index (χ2n) is 5.21. The third-order valence-electron chi connectivity index (χ3n) is 3.57. The highest BCUT2D eigenvalue weighted by Gasteiger charge is 2.08. The number of fused-ring (bicyclic) bond motifs is 1. The molecule has 3 aromatic rings. The molecule has 3 heteroatoms. The lowest BCUT2D eigenvalue weighted by molar-refractivity contribution is 0.457. The van der Waals surface area contributed by atoms with E-state index in [2.05, 4.69) is 22.1 Å². The van der Waals surface area contributed by atoms with E-state index in [1.54, 1.807) is 6.21 Å². The number of aromatic nitrogens is 1. The van der Waals surface area contributed by atoms with E-state index in [0.29, 0.717) is 6.54 Å². The van der Waals surface area contributed by atoms with Gasteiger partial charge in [-0.15, -0.1) is 0 Å². The number of aromatic hydroxyl groups is 1. The molecule has 2 aromatic carbocycles. The van der Waals surface area contributed by atoms with Gasteiger partial charge in [-0.3, -0.25) is 4.99 Å². The molecule has 3 nitrogen and oxygen atoms in total. The highest BCUT2D eigenvalue weighted by Crippen LogP contribution is 2.26. The van der Waals surface area contributed by atoms with Crippen LogP contribution < -0.4 is 0 Å². The van der Waals surface area contributed by atoms with Gasteiger partial charge in [0.25, 0.3) is 0 Å². The van der Waals surface area contributed by atoms with E-state index < -0.39 is 0 Å². The minimum atomic E-state index is 0.180. The fourth-order valence-electron chi connectivity index (χ4n) is 2.44. The number of aromatic amines is 1. The van der Waals surface area contributed by atoms with E-state index in [9.17, 15) is 5.11 Å². The average molecular weight is 278 g/mol. The van der Waals surface area contributed by atoms with Crippen molar-refractivity contribution in [2.75, 3.05) is 6.54 Å². The summed E-state index contributed by atoms with van der Waals surface area (Å²) in [6.07, 6.45) is 2.66. The normalized spacial score (nSPS) is 11.5. The number of H-pyrrole nitrogens is 1. The summed E-state index contributed by atoms with van der Waals surface area (Å²) >= 11 is 0. The molecule has 0 aliphatic rings. The van der Waals surface area contributed by atoms with E-state index in [0.717, 1.165) is 28.5 Å². The Labute approximate surface area is 124 Å². The molecule has 0 fully saturated rings. The third kappa shape index (κ3) is 2.97. The zero-order chi connectivity index (χ0) is 14.7. The second-order valence-corrected chi connectivity index (χ2v) is 5.21. The molecule has 0 aliphatic carbocycles. The molecule has 106 valence electrons. The fourth-order valence-corrected chi connectivity index (χ4v) is 2.44. The van der Waals surface area contributed by atoms with Crippen LogP contribution in [-0.4, -0.2) is 22.8 Å². The van der Waals surface area contributed by atoms with Crippen LogP contribution in [0.4, 0.5) is 0 Å². The zero-order valence-electron chi connectivity index (χ0n) is 12.0. The maximum absolute atomic E-state index is 9.99. The van der Waals surface area contributed by atoms with Gasteiger partial charge in [0.1, 0.15) is 0 Å². The van der Waals surface area contributed by atoms with Crippen molar-refractivity contribution in [3.8, 4) is 5.88 Å². The number of nitrogens with zero attached hydrogens (tertiary/aromatic N) is 1. The molecule has 0 radical (unpaired) electrons. The smallest absolute Gasteiger partial charge is 0.198 e. The molecule has 0 bridgehead atoms. The molecule has 0 unspecified atom stereocenters. The summed E-state index contributed by atoms with van der Waals surface area (Å²) in [5, 5.41) is 11.0. The summed E-state index contributed by atoms with van der Waals surface area (Å²) in [4.78, 5) is 7.43. The number of benzene rings is 2. The summed E-state index contributed by atoms with van der Waals surface area (Å²) in [5.41, 5.74) is 4.14. The first kappa shape index (κ1) is 13.4. The van der Waals surface area contributed by atoms with Crippen LogP contribution in [0.5, 0.6) is 5.88 Å². The predicted molar refractivity (Wildman–Crippen MR) is 87.3 cm³/mol. The molecule has 0 amide bonds. The topological polar surface area (TPSA) is 48.4 Å². The molecule has 0 atom stereocenters. The molecule has 0 saturated heterocycles. The molecular weight excluding hydrogens is 260 g/mol. The summed E-state index contributed by atoms with van der Waals surface area (Å²) in [5.74, 6) is 0.180. The summed E-state index contributed by atoms with van der Waals surface area (Å²) in [6, 6.07) is 16.4. The second kappa shape index (κ2) is 5.83. The first-order valence-electron chi connectivity index (χ1n) is 7.09. The van der Waals surface area contributed by atoms with Gasteiger partial charge in [-0.25, -0.2) is 0 Å². The Bertz CT molecular complexity index is 773. The number of aliphatic imine (C=N–C) groups is 1. The highest BCUT2D eigenvalue weighted by molar-refractivity contribution is 6.02. The summed E-state index contributed by atoms with van der Waals surface area (Å²) in [6.45, 7) is 2.74. The van der Waals surface area contributed by atoms with Gasteiger partial charge in [-0.1, -0.05) is 42.5 Å². The number of aryl methyl sites for hydroxylation is 1. The van der Waals surface area contributed by atoms with Crippen molar-refractivity contribution < 1.29 is 5.11 Å². The molecule has 1 aromatic heterocycles. The van der Waals surface area contributed by atoms with E-state index in [-0.39, 0.29) is 5.88 Å². The van der Waals surface area contributed by atoms with Crippen molar-refractivity contribution in [3.05, 3.63) is 65.2 Å². The fraction of sp³-hybridized carbons (Fsp3) is 0.167. The third-order valence-corrected chi connectivity index (χ3v) is 3.57. The predicted octanol–water partition coefficient (Wildman–Crippen LogP) is 3.84. The van der Waals surface area contributed by atoms with Gasteiger partial charge in [-0.2, -0.15) is 0 Å². The largest absolute Gasteiger partial charge is 0.494 e. The van der Waals surface area contributed by atoms with Crippen molar-refractivity contribution >= 4 is 17.1 Å². The van der Waals surface area contributed by atoms with Crippen molar-refractivity contribution in [2.24, 2.45) is 4.99 Å². The van der Waals surface area contributed by atoms with Gasteiger partial charge in [0, 0.05) is 23.7 Å². The van der Waals surface area contributed by atoms with Gasteiger partial charge in [0.05, 0.1) is 5.56 Å². The Morgan fingerprint density at radius 2 is 1.95 bits per heavy atom. The summed E-state index contributed by atoms with van der Waals surface area (Å²) < 4.78 is 0. The van der Waals surface area contributed by atoms with Gasteiger partial charge in [0.15, 0.2) is 5.88 Å². The number of hydrogen-bond acceptors (Lipinski definition) is 2. The standard InChI is InChI=1S/C18H18N2O/c1-13-7-8-15-16(18(21)20-17(15)11-13)12-19-10-9-14-5-3-2-4-6-14/h2-8,11-12,20-21H,9-10H2,1H3. The van der Waals surface area contributed by atoms with E-state index in [1.165, 1.54) is 5.56 Å². The van der Waals surface area contributed by atoms with Crippen LogP contribution in [0, 0.1) is 6.92 Å². The van der Waals surface area contributed by atoms with E-state index in [1.807, 2.05) is 43.3 Å². The maximum Gasteiger partial charge on any atom is 0.198 e. The molecule has 0 saturated carbocycles. The van der Waals surface area contributed by atoms with Crippen LogP contribution >= 0.6 is 0 Å². The Hall–Kier alpha value is -2.55. The zero-order valence-corrected chi connectivity index (χ0v) is 12.0. The van der Waals surface area contributed by atoms with Gasteiger partial charge in [-0.05, 0) is 30.5 Å². The van der Waals surface area contributed by atoms with Gasteiger partial charge >= 0.3 is 0 Å². The van der Waals surface area contributed by atoms with Crippen LogP contribution in [0.2, 0.25) is 0 Å². The Balaban J connectivity index is 1.75. The minimum Gasteiger partial charge on any atom is -0.494 e. The number of hydrogen-bond donors (Lipinski definition) is 2. The lowest BCUT2D eigenvalue weighted by Crippen LogP contribution is -1.90. The lowest BCUT2D eigenvalue weighted by atomic mass is 10.1. The van der Waals surface area contributed by atoms with Crippen LogP contribution in [0.15, 0.2) is 53.5 Å². The Kier molecular flexibility index (Phi) is 3.73. The first-order chi connectivity index (χ1) is 10.2.